The minimum absolute atomic E-state index is 0.0221. The summed E-state index contributed by atoms with van der Waals surface area (Å²) in [4.78, 5) is 43.3. The number of anilines is 1. The van der Waals surface area contributed by atoms with E-state index in [1.54, 1.807) is 19.9 Å². The van der Waals surface area contributed by atoms with Gasteiger partial charge in [0, 0.05) is 19.1 Å². The first kappa shape index (κ1) is 23.7. The van der Waals surface area contributed by atoms with Gasteiger partial charge in [-0.05, 0) is 51.7 Å². The molecule has 33 heavy (non-hydrogen) atoms. The van der Waals surface area contributed by atoms with Crippen molar-refractivity contribution in [1.82, 2.24) is 10.2 Å². The summed E-state index contributed by atoms with van der Waals surface area (Å²) >= 11 is 0. The predicted octanol–water partition coefficient (Wildman–Crippen LogP) is 3.50. The van der Waals surface area contributed by atoms with Crippen molar-refractivity contribution in [2.24, 2.45) is 5.92 Å². The number of piperidine rings is 1. The number of aliphatic hydroxyl groups is 1. The largest absolute Gasteiger partial charge is 0.394 e. The molecule has 0 bridgehead atoms. The second-order valence-corrected chi connectivity index (χ2v) is 10.5. The van der Waals surface area contributed by atoms with E-state index in [9.17, 15) is 19.5 Å². The van der Waals surface area contributed by atoms with Gasteiger partial charge in [-0.3, -0.25) is 19.3 Å². The number of hydrogen-bond acceptors (Lipinski definition) is 5. The second kappa shape index (κ2) is 9.84. The van der Waals surface area contributed by atoms with Crippen LogP contribution in [0.2, 0.25) is 0 Å². The van der Waals surface area contributed by atoms with Crippen LogP contribution in [0.4, 0.5) is 5.69 Å². The fraction of sp³-hybridized carbons (Fsp3) is 0.654. The molecule has 7 heteroatoms. The summed E-state index contributed by atoms with van der Waals surface area (Å²) in [6.45, 7) is 4.70. The van der Waals surface area contributed by atoms with Crippen LogP contribution in [-0.4, -0.2) is 59.0 Å². The number of hydrogen-bond donors (Lipinski definition) is 2. The lowest BCUT2D eigenvalue weighted by Crippen LogP contribution is -2.51. The van der Waals surface area contributed by atoms with Gasteiger partial charge < -0.3 is 15.3 Å². The van der Waals surface area contributed by atoms with Gasteiger partial charge in [-0.25, -0.2) is 0 Å². The summed E-state index contributed by atoms with van der Waals surface area (Å²) in [6, 6.07) is 5.49. The van der Waals surface area contributed by atoms with Gasteiger partial charge in [0.2, 0.25) is 5.91 Å². The molecule has 1 aromatic rings. The maximum absolute atomic E-state index is 13.6. The van der Waals surface area contributed by atoms with Crippen molar-refractivity contribution in [2.75, 3.05) is 24.6 Å². The van der Waals surface area contributed by atoms with Gasteiger partial charge in [0.1, 0.15) is 0 Å². The van der Waals surface area contributed by atoms with E-state index in [1.807, 2.05) is 12.1 Å². The highest BCUT2D eigenvalue weighted by Gasteiger charge is 2.42. The van der Waals surface area contributed by atoms with E-state index in [-0.39, 0.29) is 36.3 Å². The quantitative estimate of drug-likeness (QED) is 0.664. The number of rotatable bonds is 5. The SMILES string of the molecule is CC(C)(CO)NC(=O)[C@@H]1CCCN(c2cccc3c2C(=O)N(C2CCCCCCC2)C3=O)C1. The maximum Gasteiger partial charge on any atom is 0.263 e. The lowest BCUT2D eigenvalue weighted by atomic mass is 9.94. The number of fused-ring (bicyclic) bond motifs is 1. The average molecular weight is 456 g/mol. The van der Waals surface area contributed by atoms with Crippen molar-refractivity contribution in [2.45, 2.75) is 83.2 Å². The minimum Gasteiger partial charge on any atom is -0.394 e. The fourth-order valence-corrected chi connectivity index (χ4v) is 5.46. The van der Waals surface area contributed by atoms with Crippen molar-refractivity contribution in [3.8, 4) is 0 Å². The molecule has 2 fully saturated rings. The first-order chi connectivity index (χ1) is 15.8. The molecule has 0 aromatic heterocycles. The normalized spacial score (nSPS) is 22.7. The van der Waals surface area contributed by atoms with E-state index >= 15 is 0 Å². The van der Waals surface area contributed by atoms with Gasteiger partial charge in [-0.1, -0.05) is 38.2 Å². The van der Waals surface area contributed by atoms with Crippen LogP contribution in [0.15, 0.2) is 18.2 Å². The second-order valence-electron chi connectivity index (χ2n) is 10.5. The van der Waals surface area contributed by atoms with Crippen molar-refractivity contribution in [1.29, 1.82) is 0 Å². The molecule has 2 heterocycles. The van der Waals surface area contributed by atoms with Crippen molar-refractivity contribution < 1.29 is 19.5 Å². The molecule has 1 saturated heterocycles. The fourth-order valence-electron chi connectivity index (χ4n) is 5.46. The van der Waals surface area contributed by atoms with E-state index < -0.39 is 5.54 Å². The summed E-state index contributed by atoms with van der Waals surface area (Å²) in [5.41, 5.74) is 1.08. The van der Waals surface area contributed by atoms with Crippen LogP contribution in [-0.2, 0) is 4.79 Å². The number of amides is 3. The standard InChI is InChI=1S/C26H37N3O4/c1-26(2,17-30)27-23(31)18-10-9-15-28(16-18)21-14-8-13-20-22(21)25(33)29(24(20)32)19-11-6-4-3-5-7-12-19/h8,13-14,18-19,30H,3-7,9-12,15-17H2,1-2H3,(H,27,31)/t18-/m1/s1. The summed E-state index contributed by atoms with van der Waals surface area (Å²) in [5, 5.41) is 12.4. The van der Waals surface area contributed by atoms with Crippen LogP contribution in [0.3, 0.4) is 0 Å². The lowest BCUT2D eigenvalue weighted by molar-refractivity contribution is -0.127. The van der Waals surface area contributed by atoms with Crippen molar-refractivity contribution in [3.63, 3.8) is 0 Å². The Morgan fingerprint density at radius 1 is 1.03 bits per heavy atom. The first-order valence-electron chi connectivity index (χ1n) is 12.5. The molecular weight excluding hydrogens is 418 g/mol. The number of carbonyl (C=O) groups excluding carboxylic acids is 3. The summed E-state index contributed by atoms with van der Waals surface area (Å²) in [5.74, 6) is -0.651. The summed E-state index contributed by atoms with van der Waals surface area (Å²) in [7, 11) is 0. The van der Waals surface area contributed by atoms with Gasteiger partial charge in [0.15, 0.2) is 0 Å². The number of nitrogens with zero attached hydrogens (tertiary/aromatic N) is 2. The molecule has 2 N–H and O–H groups in total. The van der Waals surface area contributed by atoms with Gasteiger partial charge in [0.05, 0.1) is 34.9 Å². The van der Waals surface area contributed by atoms with Gasteiger partial charge >= 0.3 is 0 Å². The van der Waals surface area contributed by atoms with Crippen LogP contribution in [0.1, 0.15) is 92.4 Å². The molecular formula is C26H37N3O4. The smallest absolute Gasteiger partial charge is 0.263 e. The third-order valence-corrected chi connectivity index (χ3v) is 7.35. The Kier molecular flexibility index (Phi) is 7.07. The van der Waals surface area contributed by atoms with E-state index in [0.717, 1.165) is 63.6 Å². The third-order valence-electron chi connectivity index (χ3n) is 7.35. The van der Waals surface area contributed by atoms with Crippen molar-refractivity contribution >= 4 is 23.4 Å². The number of nitrogens with one attached hydrogen (secondary N) is 1. The van der Waals surface area contributed by atoms with Crippen LogP contribution in [0.25, 0.3) is 0 Å². The van der Waals surface area contributed by atoms with E-state index in [4.69, 9.17) is 0 Å². The minimum atomic E-state index is -0.673. The van der Waals surface area contributed by atoms with E-state index in [1.165, 1.54) is 11.3 Å². The molecule has 3 amide bonds. The number of carbonyl (C=O) groups is 3. The topological polar surface area (TPSA) is 89.9 Å². The molecule has 7 nitrogen and oxygen atoms in total. The molecule has 0 spiro atoms. The zero-order valence-electron chi connectivity index (χ0n) is 19.9. The van der Waals surface area contributed by atoms with Crippen molar-refractivity contribution in [3.05, 3.63) is 29.3 Å². The average Bonchev–Trinajstić information content (AvgIpc) is 3.04. The molecule has 1 aromatic carbocycles. The highest BCUT2D eigenvalue weighted by Crippen LogP contribution is 2.36. The molecule has 2 aliphatic heterocycles. The molecule has 180 valence electrons. The molecule has 1 atom stereocenters. The number of benzene rings is 1. The Hall–Kier alpha value is -2.41. The van der Waals surface area contributed by atoms with Gasteiger partial charge in [-0.2, -0.15) is 0 Å². The zero-order valence-corrected chi connectivity index (χ0v) is 19.9. The molecule has 0 unspecified atom stereocenters. The highest BCUT2D eigenvalue weighted by molar-refractivity contribution is 6.24. The van der Waals surface area contributed by atoms with Crippen LogP contribution in [0, 0.1) is 5.92 Å². The Bertz CT molecular complexity index is 905. The van der Waals surface area contributed by atoms with Crippen LogP contribution < -0.4 is 10.2 Å². The highest BCUT2D eigenvalue weighted by atomic mass is 16.3. The number of aliphatic hydroxyl groups excluding tert-OH is 1. The third kappa shape index (κ3) is 4.93. The lowest BCUT2D eigenvalue weighted by Gasteiger charge is -2.36. The predicted molar refractivity (Wildman–Crippen MR) is 127 cm³/mol. The Balaban J connectivity index is 1.55. The summed E-state index contributed by atoms with van der Waals surface area (Å²) in [6.07, 6.45) is 9.02. The molecule has 3 aliphatic rings. The van der Waals surface area contributed by atoms with Crippen LogP contribution >= 0.6 is 0 Å². The van der Waals surface area contributed by atoms with E-state index in [2.05, 4.69) is 10.2 Å². The maximum atomic E-state index is 13.6. The Labute approximate surface area is 196 Å². The van der Waals surface area contributed by atoms with E-state index in [0.29, 0.717) is 17.7 Å². The summed E-state index contributed by atoms with van der Waals surface area (Å²) < 4.78 is 0. The molecule has 1 saturated carbocycles. The zero-order chi connectivity index (χ0) is 23.6. The Morgan fingerprint density at radius 3 is 2.42 bits per heavy atom. The van der Waals surface area contributed by atoms with Gasteiger partial charge in [0.25, 0.3) is 11.8 Å². The molecule has 0 radical (unpaired) electrons. The van der Waals surface area contributed by atoms with Crippen LogP contribution in [0.5, 0.6) is 0 Å². The molecule has 1 aliphatic carbocycles. The Morgan fingerprint density at radius 2 is 1.73 bits per heavy atom. The number of imide groups is 1. The first-order valence-corrected chi connectivity index (χ1v) is 12.5. The van der Waals surface area contributed by atoms with Gasteiger partial charge in [-0.15, -0.1) is 0 Å². The monoisotopic (exact) mass is 455 g/mol. The molecule has 4 rings (SSSR count).